The Balaban J connectivity index is 2.98. The molecule has 0 bridgehead atoms. The van der Waals surface area contributed by atoms with Crippen molar-refractivity contribution < 1.29 is 14.7 Å². The van der Waals surface area contributed by atoms with Gasteiger partial charge in [0.2, 0.25) is 0 Å². The van der Waals surface area contributed by atoms with Crippen LogP contribution in [0, 0.1) is 5.82 Å². The highest BCUT2D eigenvalue weighted by Gasteiger charge is 2.24. The number of rotatable bonds is 7. The summed E-state index contributed by atoms with van der Waals surface area (Å²) in [6, 6.07) is 4.14. The van der Waals surface area contributed by atoms with Crippen molar-refractivity contribution in [1.29, 1.82) is 0 Å². The van der Waals surface area contributed by atoms with E-state index in [4.69, 9.17) is 10.9 Å². The van der Waals surface area contributed by atoms with Crippen molar-refractivity contribution >= 4 is 5.84 Å². The number of nitrogens with zero attached hydrogens (tertiary/aromatic N) is 1. The fraction of sp³-hybridized carbons (Fsp3) is 0.500. The number of hydrogen-bond acceptors (Lipinski definition) is 4. The van der Waals surface area contributed by atoms with Gasteiger partial charge in [-0.05, 0) is 30.5 Å². The van der Waals surface area contributed by atoms with E-state index in [1.54, 1.807) is 6.07 Å². The van der Waals surface area contributed by atoms with E-state index in [1.165, 1.54) is 12.1 Å². The van der Waals surface area contributed by atoms with E-state index >= 15 is 0 Å². The molecule has 0 amide bonds. The third kappa shape index (κ3) is 3.68. The lowest BCUT2D eigenvalue weighted by molar-refractivity contribution is 0.149. The lowest BCUT2D eigenvalue weighted by Gasteiger charge is -2.31. The average Bonchev–Trinajstić information content (AvgIpc) is 2.49. The number of oxime groups is 1. The SMILES string of the molecule is CCC(CC)(CO)NCc1ccc(F)cc1C(N)=NO. The van der Waals surface area contributed by atoms with Gasteiger partial charge in [0.05, 0.1) is 6.61 Å². The summed E-state index contributed by atoms with van der Waals surface area (Å²) in [5.41, 5.74) is 6.23. The van der Waals surface area contributed by atoms with Crippen LogP contribution in [0.15, 0.2) is 23.4 Å². The number of hydrogen-bond donors (Lipinski definition) is 4. The lowest BCUT2D eigenvalue weighted by atomic mass is 9.93. The maximum Gasteiger partial charge on any atom is 0.170 e. The van der Waals surface area contributed by atoms with Crippen LogP contribution in [0.1, 0.15) is 37.8 Å². The molecule has 0 atom stereocenters. The van der Waals surface area contributed by atoms with Crippen LogP contribution >= 0.6 is 0 Å². The Hall–Kier alpha value is -1.66. The summed E-state index contributed by atoms with van der Waals surface area (Å²) in [6.07, 6.45) is 1.53. The number of aliphatic hydroxyl groups excluding tert-OH is 1. The van der Waals surface area contributed by atoms with Crippen LogP contribution in [0.2, 0.25) is 0 Å². The van der Waals surface area contributed by atoms with E-state index in [2.05, 4.69) is 10.5 Å². The minimum absolute atomic E-state index is 0.0140. The topological polar surface area (TPSA) is 90.9 Å². The number of nitrogens with one attached hydrogen (secondary N) is 1. The number of nitrogens with two attached hydrogens (primary N) is 1. The summed E-state index contributed by atoms with van der Waals surface area (Å²) in [5, 5.41) is 24.5. The normalized spacial score (nSPS) is 12.7. The van der Waals surface area contributed by atoms with Gasteiger partial charge in [-0.1, -0.05) is 25.1 Å². The van der Waals surface area contributed by atoms with Crippen molar-refractivity contribution in [3.05, 3.63) is 35.1 Å². The molecule has 5 N–H and O–H groups in total. The van der Waals surface area contributed by atoms with Crippen molar-refractivity contribution in [2.75, 3.05) is 6.61 Å². The van der Waals surface area contributed by atoms with Crippen LogP contribution in [0.5, 0.6) is 0 Å². The van der Waals surface area contributed by atoms with E-state index in [9.17, 15) is 9.50 Å². The molecule has 0 aromatic heterocycles. The van der Waals surface area contributed by atoms with Gasteiger partial charge >= 0.3 is 0 Å². The quantitative estimate of drug-likeness (QED) is 0.264. The third-order valence-corrected chi connectivity index (χ3v) is 3.77. The van der Waals surface area contributed by atoms with E-state index in [0.29, 0.717) is 17.7 Å². The van der Waals surface area contributed by atoms with Crippen LogP contribution in [0.4, 0.5) is 4.39 Å². The van der Waals surface area contributed by atoms with E-state index in [-0.39, 0.29) is 18.0 Å². The summed E-state index contributed by atoms with van der Waals surface area (Å²) in [6.45, 7) is 4.39. The summed E-state index contributed by atoms with van der Waals surface area (Å²) < 4.78 is 13.3. The molecule has 0 aliphatic rings. The fourth-order valence-electron chi connectivity index (χ4n) is 2.06. The Labute approximate surface area is 118 Å². The molecule has 0 aliphatic carbocycles. The Kier molecular flexibility index (Phi) is 5.91. The zero-order chi connectivity index (χ0) is 15.2. The molecule has 0 saturated heterocycles. The van der Waals surface area contributed by atoms with Crippen molar-refractivity contribution in [3.8, 4) is 0 Å². The highest BCUT2D eigenvalue weighted by atomic mass is 19.1. The molecule has 112 valence electrons. The Bertz CT molecular complexity index is 465. The predicted molar refractivity (Wildman–Crippen MR) is 76.1 cm³/mol. The second-order valence-corrected chi connectivity index (χ2v) is 4.79. The van der Waals surface area contributed by atoms with Gasteiger partial charge in [-0.15, -0.1) is 0 Å². The molecule has 20 heavy (non-hydrogen) atoms. The molecular weight excluding hydrogens is 261 g/mol. The van der Waals surface area contributed by atoms with Crippen molar-refractivity contribution in [2.24, 2.45) is 10.9 Å². The number of benzene rings is 1. The summed E-state index contributed by atoms with van der Waals surface area (Å²) >= 11 is 0. The van der Waals surface area contributed by atoms with Gasteiger partial charge in [0.1, 0.15) is 5.82 Å². The number of halogens is 1. The highest BCUT2D eigenvalue weighted by Crippen LogP contribution is 2.17. The molecule has 0 radical (unpaired) electrons. The average molecular weight is 283 g/mol. The standard InChI is InChI=1S/C14H22FN3O2/c1-3-14(4-2,9-19)17-8-10-5-6-11(15)7-12(10)13(16)18-20/h5-7,17,19-20H,3-4,8-9H2,1-2H3,(H2,16,18). The maximum atomic E-state index is 13.3. The minimum atomic E-state index is -0.449. The smallest absolute Gasteiger partial charge is 0.170 e. The van der Waals surface area contributed by atoms with Crippen LogP contribution < -0.4 is 11.1 Å². The van der Waals surface area contributed by atoms with Crippen molar-refractivity contribution in [1.82, 2.24) is 5.32 Å². The summed E-state index contributed by atoms with van der Waals surface area (Å²) in [4.78, 5) is 0. The van der Waals surface area contributed by atoms with Gasteiger partial charge in [-0.25, -0.2) is 4.39 Å². The molecule has 6 heteroatoms. The lowest BCUT2D eigenvalue weighted by Crippen LogP contribution is -2.47. The van der Waals surface area contributed by atoms with Crippen LogP contribution in [0.25, 0.3) is 0 Å². The van der Waals surface area contributed by atoms with E-state index < -0.39 is 5.82 Å². The number of aliphatic hydroxyl groups is 1. The van der Waals surface area contributed by atoms with Gasteiger partial charge in [0.15, 0.2) is 5.84 Å². The van der Waals surface area contributed by atoms with Gasteiger partial charge in [-0.2, -0.15) is 0 Å². The first-order chi connectivity index (χ1) is 9.51. The van der Waals surface area contributed by atoms with E-state index in [0.717, 1.165) is 12.8 Å². The van der Waals surface area contributed by atoms with Crippen molar-refractivity contribution in [2.45, 2.75) is 38.8 Å². The van der Waals surface area contributed by atoms with Gasteiger partial charge < -0.3 is 21.4 Å². The Morgan fingerprint density at radius 1 is 1.40 bits per heavy atom. The van der Waals surface area contributed by atoms with Crippen LogP contribution in [0.3, 0.4) is 0 Å². The monoisotopic (exact) mass is 283 g/mol. The van der Waals surface area contributed by atoms with Gasteiger partial charge in [0, 0.05) is 17.6 Å². The van der Waals surface area contributed by atoms with Gasteiger partial charge in [0.25, 0.3) is 0 Å². The first-order valence-corrected chi connectivity index (χ1v) is 6.64. The largest absolute Gasteiger partial charge is 0.409 e. The molecule has 0 unspecified atom stereocenters. The summed E-state index contributed by atoms with van der Waals surface area (Å²) in [5.74, 6) is -0.585. The summed E-state index contributed by atoms with van der Waals surface area (Å²) in [7, 11) is 0. The molecule has 0 fully saturated rings. The van der Waals surface area contributed by atoms with E-state index in [1.807, 2.05) is 13.8 Å². The fourth-order valence-corrected chi connectivity index (χ4v) is 2.06. The molecule has 1 aromatic rings. The second kappa shape index (κ2) is 7.21. The highest BCUT2D eigenvalue weighted by molar-refractivity contribution is 5.98. The minimum Gasteiger partial charge on any atom is -0.409 e. The predicted octanol–water partition coefficient (Wildman–Crippen LogP) is 1.56. The molecule has 0 heterocycles. The van der Waals surface area contributed by atoms with Gasteiger partial charge in [-0.3, -0.25) is 0 Å². The molecule has 0 spiro atoms. The first kappa shape index (κ1) is 16.4. The molecule has 0 saturated carbocycles. The van der Waals surface area contributed by atoms with Crippen LogP contribution in [-0.4, -0.2) is 28.3 Å². The third-order valence-electron chi connectivity index (χ3n) is 3.77. The zero-order valence-corrected chi connectivity index (χ0v) is 11.9. The first-order valence-electron chi connectivity index (χ1n) is 6.64. The molecule has 1 rings (SSSR count). The molecule has 5 nitrogen and oxygen atoms in total. The number of amidine groups is 1. The van der Waals surface area contributed by atoms with Crippen LogP contribution in [-0.2, 0) is 6.54 Å². The zero-order valence-electron chi connectivity index (χ0n) is 11.9. The molecule has 1 aromatic carbocycles. The molecular formula is C14H22FN3O2. The Morgan fingerprint density at radius 3 is 2.55 bits per heavy atom. The Morgan fingerprint density at radius 2 is 2.05 bits per heavy atom. The second-order valence-electron chi connectivity index (χ2n) is 4.79. The maximum absolute atomic E-state index is 13.3. The molecule has 0 aliphatic heterocycles. The van der Waals surface area contributed by atoms with Crippen molar-refractivity contribution in [3.63, 3.8) is 0 Å².